The topological polar surface area (TPSA) is 34.4 Å². The van der Waals surface area contributed by atoms with E-state index in [0.717, 1.165) is 16.1 Å². The Labute approximate surface area is 143 Å². The summed E-state index contributed by atoms with van der Waals surface area (Å²) in [6.07, 6.45) is 0. The maximum absolute atomic E-state index is 13.2. The van der Waals surface area contributed by atoms with Gasteiger partial charge in [-0.2, -0.15) is 4.99 Å². The molecule has 0 bridgehead atoms. The second-order valence-corrected chi connectivity index (χ2v) is 6.51. The Morgan fingerprint density at radius 1 is 1.12 bits per heavy atom. The molecule has 2 aromatic carbocycles. The van der Waals surface area contributed by atoms with Crippen LogP contribution in [0.2, 0.25) is 0 Å². The Kier molecular flexibility index (Phi) is 4.71. The molecule has 0 spiro atoms. The largest absolute Gasteiger partial charge is 0.316 e. The minimum atomic E-state index is -0.265. The number of hydrogen-bond acceptors (Lipinski definition) is 2. The molecule has 1 heterocycles. The lowest BCUT2D eigenvalue weighted by molar-refractivity contribution is 0.0998. The highest BCUT2D eigenvalue weighted by Crippen LogP contribution is 2.25. The molecular formula is C19H17FN2OS. The summed E-state index contributed by atoms with van der Waals surface area (Å²) in [5, 5.41) is 0. The van der Waals surface area contributed by atoms with Gasteiger partial charge in [0.2, 0.25) is 0 Å². The van der Waals surface area contributed by atoms with E-state index in [1.54, 1.807) is 24.3 Å². The highest BCUT2D eigenvalue weighted by molar-refractivity contribution is 7.09. The molecule has 0 N–H and O–H groups in total. The first-order valence-corrected chi connectivity index (χ1v) is 8.52. The fourth-order valence-electron chi connectivity index (χ4n) is 2.60. The number of nitrogens with zero attached hydrogens (tertiary/aromatic N) is 2. The summed E-state index contributed by atoms with van der Waals surface area (Å²) in [7, 11) is 0. The predicted octanol–water partition coefficient (Wildman–Crippen LogP) is 4.43. The summed E-state index contributed by atoms with van der Waals surface area (Å²) in [4.78, 5) is 18.4. The van der Waals surface area contributed by atoms with Crippen LogP contribution < -0.4 is 4.80 Å². The number of benzene rings is 2. The van der Waals surface area contributed by atoms with Crippen LogP contribution in [-0.2, 0) is 6.54 Å². The van der Waals surface area contributed by atoms with Crippen LogP contribution in [0, 0.1) is 12.7 Å². The fraction of sp³-hybridized carbons (Fsp3) is 0.158. The zero-order valence-electron chi connectivity index (χ0n) is 13.5. The maximum Gasteiger partial charge on any atom is 0.279 e. The summed E-state index contributed by atoms with van der Waals surface area (Å²) in [6, 6.07) is 15.4. The second kappa shape index (κ2) is 6.93. The number of aryl methyl sites for hydroxylation is 1. The normalized spacial score (nSPS) is 11.7. The number of thiazole rings is 1. The van der Waals surface area contributed by atoms with Gasteiger partial charge in [-0.1, -0.05) is 18.2 Å². The zero-order chi connectivity index (χ0) is 17.1. The molecule has 24 heavy (non-hydrogen) atoms. The van der Waals surface area contributed by atoms with Crippen molar-refractivity contribution in [2.45, 2.75) is 20.4 Å². The molecule has 5 heteroatoms. The van der Waals surface area contributed by atoms with Gasteiger partial charge in [-0.25, -0.2) is 4.39 Å². The van der Waals surface area contributed by atoms with E-state index in [-0.39, 0.29) is 11.7 Å². The van der Waals surface area contributed by atoms with Gasteiger partial charge in [-0.15, -0.1) is 11.3 Å². The van der Waals surface area contributed by atoms with Crippen molar-refractivity contribution >= 4 is 17.2 Å². The van der Waals surface area contributed by atoms with Crippen molar-refractivity contribution in [2.24, 2.45) is 4.99 Å². The lowest BCUT2D eigenvalue weighted by Crippen LogP contribution is -2.17. The highest BCUT2D eigenvalue weighted by Gasteiger charge is 2.13. The van der Waals surface area contributed by atoms with Crippen molar-refractivity contribution in [1.29, 1.82) is 0 Å². The van der Waals surface area contributed by atoms with E-state index < -0.39 is 0 Å². The summed E-state index contributed by atoms with van der Waals surface area (Å²) in [6.45, 7) is 4.67. The minimum Gasteiger partial charge on any atom is -0.316 e. The number of halogens is 1. The lowest BCUT2D eigenvalue weighted by Gasteiger charge is -2.07. The summed E-state index contributed by atoms with van der Waals surface area (Å²) in [5.74, 6) is -0.524. The Morgan fingerprint density at radius 2 is 1.79 bits per heavy atom. The Balaban J connectivity index is 2.10. The van der Waals surface area contributed by atoms with Gasteiger partial charge in [0.05, 0.1) is 5.69 Å². The molecule has 3 nitrogen and oxygen atoms in total. The standard InChI is InChI=1S/C19H17FN2OS/c1-3-22-17(14-9-11-16(20)12-10-14)13(2)24-19(22)21-18(23)15-7-5-4-6-8-15/h4-12H,3H2,1-2H3. The van der Waals surface area contributed by atoms with E-state index in [0.29, 0.717) is 16.9 Å². The average Bonchev–Trinajstić information content (AvgIpc) is 2.91. The van der Waals surface area contributed by atoms with E-state index in [2.05, 4.69) is 4.99 Å². The molecule has 0 atom stereocenters. The highest BCUT2D eigenvalue weighted by atomic mass is 32.1. The van der Waals surface area contributed by atoms with Crippen LogP contribution in [0.1, 0.15) is 22.2 Å². The molecular weight excluding hydrogens is 323 g/mol. The molecule has 3 rings (SSSR count). The van der Waals surface area contributed by atoms with Gasteiger partial charge < -0.3 is 4.57 Å². The molecule has 0 unspecified atom stereocenters. The van der Waals surface area contributed by atoms with Crippen molar-refractivity contribution in [1.82, 2.24) is 4.57 Å². The van der Waals surface area contributed by atoms with Gasteiger partial charge in [0.1, 0.15) is 5.82 Å². The van der Waals surface area contributed by atoms with Crippen LogP contribution in [0.5, 0.6) is 0 Å². The van der Waals surface area contributed by atoms with E-state index in [9.17, 15) is 9.18 Å². The third-order valence-electron chi connectivity index (χ3n) is 3.73. The average molecular weight is 340 g/mol. The number of carbonyl (C=O) groups excluding carboxylic acids is 1. The lowest BCUT2D eigenvalue weighted by atomic mass is 10.1. The molecule has 0 aliphatic heterocycles. The SMILES string of the molecule is CCn1c(-c2ccc(F)cc2)c(C)sc1=NC(=O)c1ccccc1. The minimum absolute atomic E-state index is 0.260. The van der Waals surface area contributed by atoms with Gasteiger partial charge in [0.25, 0.3) is 5.91 Å². The monoisotopic (exact) mass is 340 g/mol. The smallest absolute Gasteiger partial charge is 0.279 e. The first-order valence-electron chi connectivity index (χ1n) is 7.70. The fourth-order valence-corrected chi connectivity index (χ4v) is 3.66. The van der Waals surface area contributed by atoms with E-state index in [4.69, 9.17) is 0 Å². The van der Waals surface area contributed by atoms with Gasteiger partial charge in [-0.05, 0) is 55.8 Å². The Hall–Kier alpha value is -2.53. The third-order valence-corrected chi connectivity index (χ3v) is 4.72. The number of carbonyl (C=O) groups is 1. The molecule has 0 saturated carbocycles. The van der Waals surface area contributed by atoms with Crippen molar-refractivity contribution in [3.63, 3.8) is 0 Å². The quantitative estimate of drug-likeness (QED) is 0.695. The van der Waals surface area contributed by atoms with Crippen LogP contribution in [0.25, 0.3) is 11.3 Å². The number of amides is 1. The molecule has 0 aliphatic rings. The molecule has 0 aliphatic carbocycles. The van der Waals surface area contributed by atoms with Gasteiger partial charge in [0.15, 0.2) is 4.80 Å². The first-order chi connectivity index (χ1) is 11.6. The van der Waals surface area contributed by atoms with Crippen LogP contribution in [0.15, 0.2) is 59.6 Å². The van der Waals surface area contributed by atoms with Crippen LogP contribution in [0.4, 0.5) is 4.39 Å². The van der Waals surface area contributed by atoms with Crippen molar-refractivity contribution < 1.29 is 9.18 Å². The van der Waals surface area contributed by atoms with Crippen molar-refractivity contribution in [3.05, 3.63) is 75.7 Å². The van der Waals surface area contributed by atoms with Gasteiger partial charge in [-0.3, -0.25) is 4.79 Å². The molecule has 122 valence electrons. The van der Waals surface area contributed by atoms with Crippen molar-refractivity contribution in [3.8, 4) is 11.3 Å². The second-order valence-electron chi connectivity index (χ2n) is 5.32. The summed E-state index contributed by atoms with van der Waals surface area (Å²) < 4.78 is 15.2. The zero-order valence-corrected chi connectivity index (χ0v) is 14.3. The number of rotatable bonds is 3. The molecule has 0 fully saturated rings. The molecule has 0 saturated heterocycles. The van der Waals surface area contributed by atoms with E-state index in [1.807, 2.05) is 36.6 Å². The predicted molar refractivity (Wildman–Crippen MR) is 94.4 cm³/mol. The molecule has 1 amide bonds. The van der Waals surface area contributed by atoms with Gasteiger partial charge in [0, 0.05) is 17.0 Å². The van der Waals surface area contributed by atoms with Gasteiger partial charge >= 0.3 is 0 Å². The van der Waals surface area contributed by atoms with Crippen LogP contribution >= 0.6 is 11.3 Å². The van der Waals surface area contributed by atoms with E-state index in [1.165, 1.54) is 23.5 Å². The van der Waals surface area contributed by atoms with Crippen LogP contribution in [-0.4, -0.2) is 10.5 Å². The Bertz CT molecular complexity index is 924. The molecule has 0 radical (unpaired) electrons. The van der Waals surface area contributed by atoms with E-state index >= 15 is 0 Å². The summed E-state index contributed by atoms with van der Waals surface area (Å²) in [5.41, 5.74) is 2.46. The first kappa shape index (κ1) is 16.3. The molecule has 3 aromatic rings. The summed E-state index contributed by atoms with van der Waals surface area (Å²) >= 11 is 1.47. The van der Waals surface area contributed by atoms with Crippen molar-refractivity contribution in [2.75, 3.05) is 0 Å². The maximum atomic E-state index is 13.2. The molecule has 1 aromatic heterocycles. The number of hydrogen-bond donors (Lipinski definition) is 0. The third kappa shape index (κ3) is 3.21. The Morgan fingerprint density at radius 3 is 2.42 bits per heavy atom. The van der Waals surface area contributed by atoms with Crippen LogP contribution in [0.3, 0.4) is 0 Å². The number of aromatic nitrogens is 1.